The van der Waals surface area contributed by atoms with E-state index in [2.05, 4.69) is 4.99 Å². The lowest BCUT2D eigenvalue weighted by atomic mass is 10.1. The molecule has 0 radical (unpaired) electrons. The van der Waals surface area contributed by atoms with Gasteiger partial charge in [0.2, 0.25) is 23.6 Å². The molecule has 11 heteroatoms. The molecule has 0 spiro atoms. The molecular formula is C22H19F2N4O4S+. The number of carbonyl (C=O) groups is 2. The topological polar surface area (TPSA) is 85.5 Å². The molecule has 170 valence electrons. The van der Waals surface area contributed by atoms with Gasteiger partial charge in [0, 0.05) is 25.5 Å². The van der Waals surface area contributed by atoms with Crippen LogP contribution in [0.1, 0.15) is 18.9 Å². The lowest BCUT2D eigenvalue weighted by molar-refractivity contribution is -0.628. The monoisotopic (exact) mass is 473 g/mol. The van der Waals surface area contributed by atoms with Crippen LogP contribution in [0.2, 0.25) is 0 Å². The third-order valence-electron chi connectivity index (χ3n) is 5.54. The molecule has 0 aliphatic carbocycles. The second kappa shape index (κ2) is 8.14. The van der Waals surface area contributed by atoms with Crippen LogP contribution in [0.15, 0.2) is 57.3 Å². The summed E-state index contributed by atoms with van der Waals surface area (Å²) in [7, 11) is 0. The highest BCUT2D eigenvalue weighted by molar-refractivity contribution is 8.18. The number of benzene rings is 1. The third-order valence-corrected chi connectivity index (χ3v) is 6.52. The van der Waals surface area contributed by atoms with Gasteiger partial charge in [0.05, 0.1) is 18.2 Å². The maximum absolute atomic E-state index is 13.9. The molecular weight excluding hydrogens is 454 g/mol. The number of thioether (sulfide) groups is 1. The molecule has 4 aliphatic heterocycles. The number of likely N-dealkylation sites (N-methyl/N-ethyl adjacent to an activating group) is 1. The second-order valence-corrected chi connectivity index (χ2v) is 8.68. The van der Waals surface area contributed by atoms with Crippen molar-refractivity contribution in [2.24, 2.45) is 4.99 Å². The number of hydrazine groups is 1. The van der Waals surface area contributed by atoms with E-state index in [0.29, 0.717) is 42.1 Å². The Morgan fingerprint density at radius 1 is 1.30 bits per heavy atom. The summed E-state index contributed by atoms with van der Waals surface area (Å²) in [6, 6.07) is 3.34. The molecule has 33 heavy (non-hydrogen) atoms. The van der Waals surface area contributed by atoms with Crippen molar-refractivity contribution in [3.8, 4) is 0 Å². The van der Waals surface area contributed by atoms with Crippen LogP contribution in [0.4, 0.5) is 8.78 Å². The van der Waals surface area contributed by atoms with Crippen molar-refractivity contribution in [3.05, 3.63) is 69.5 Å². The summed E-state index contributed by atoms with van der Waals surface area (Å²) in [5.74, 6) is -2.91. The number of ether oxygens (including phenoxy) is 1. The Labute approximate surface area is 191 Å². The molecule has 1 amide bonds. The van der Waals surface area contributed by atoms with Gasteiger partial charge in [-0.05, 0) is 18.6 Å². The number of carbonyl (C=O) groups excluding carboxylic acids is 2. The van der Waals surface area contributed by atoms with Gasteiger partial charge in [-0.3, -0.25) is 14.5 Å². The predicted molar refractivity (Wildman–Crippen MR) is 116 cm³/mol. The number of Topliss-reactive ketones (excluding diaryl/α,β-unsaturated/α-hetero) is 1. The Hall–Kier alpha value is -3.47. The number of rotatable bonds is 3. The Balaban J connectivity index is 1.51. The number of amides is 1. The summed E-state index contributed by atoms with van der Waals surface area (Å²) in [4.78, 5) is 31.8. The third kappa shape index (κ3) is 3.62. The van der Waals surface area contributed by atoms with E-state index in [4.69, 9.17) is 4.74 Å². The fourth-order valence-electron chi connectivity index (χ4n) is 3.87. The first-order chi connectivity index (χ1) is 15.9. The van der Waals surface area contributed by atoms with Crippen LogP contribution in [-0.2, 0) is 20.7 Å². The maximum atomic E-state index is 13.9. The van der Waals surface area contributed by atoms with Gasteiger partial charge in [-0.15, -0.1) is 5.01 Å². The van der Waals surface area contributed by atoms with Crippen LogP contribution in [-0.4, -0.2) is 62.3 Å². The van der Waals surface area contributed by atoms with Gasteiger partial charge in [-0.25, -0.2) is 13.8 Å². The average Bonchev–Trinajstić information content (AvgIpc) is 3.05. The molecule has 0 unspecified atom stereocenters. The van der Waals surface area contributed by atoms with Crippen molar-refractivity contribution in [1.82, 2.24) is 9.91 Å². The van der Waals surface area contributed by atoms with Gasteiger partial charge in [0.25, 0.3) is 0 Å². The first-order valence-electron chi connectivity index (χ1n) is 10.4. The van der Waals surface area contributed by atoms with Crippen LogP contribution < -0.4 is 0 Å². The van der Waals surface area contributed by atoms with Crippen LogP contribution >= 0.6 is 11.8 Å². The van der Waals surface area contributed by atoms with Gasteiger partial charge < -0.3 is 9.84 Å². The number of allylic oxidation sites excluding steroid dienone is 1. The molecule has 1 aromatic rings. The number of ketones is 1. The first-order valence-corrected chi connectivity index (χ1v) is 11.2. The molecule has 0 saturated heterocycles. The van der Waals surface area contributed by atoms with E-state index in [1.165, 1.54) is 39.7 Å². The van der Waals surface area contributed by atoms with Crippen molar-refractivity contribution in [2.45, 2.75) is 19.8 Å². The number of hydrazone groups is 1. The lowest BCUT2D eigenvalue weighted by Gasteiger charge is -2.23. The van der Waals surface area contributed by atoms with E-state index >= 15 is 0 Å². The minimum absolute atomic E-state index is 0.127. The molecule has 5 rings (SSSR count). The zero-order chi connectivity index (χ0) is 23.3. The summed E-state index contributed by atoms with van der Waals surface area (Å²) >= 11 is 1.17. The number of aliphatic imine (C=N–C) groups is 1. The predicted octanol–water partition coefficient (Wildman–Crippen LogP) is 2.60. The minimum atomic E-state index is -0.717. The lowest BCUT2D eigenvalue weighted by Crippen LogP contribution is -2.42. The quantitative estimate of drug-likeness (QED) is 0.537. The van der Waals surface area contributed by atoms with E-state index in [1.54, 1.807) is 18.1 Å². The van der Waals surface area contributed by atoms with E-state index < -0.39 is 29.1 Å². The van der Waals surface area contributed by atoms with Gasteiger partial charge in [-0.1, -0.05) is 22.5 Å². The Morgan fingerprint density at radius 3 is 2.82 bits per heavy atom. The summed E-state index contributed by atoms with van der Waals surface area (Å²) in [5, 5.41) is 13.3. The maximum Gasteiger partial charge on any atom is 0.346 e. The Bertz CT molecular complexity index is 1250. The van der Waals surface area contributed by atoms with Crippen molar-refractivity contribution in [1.29, 1.82) is 0 Å². The van der Waals surface area contributed by atoms with E-state index in [1.807, 2.05) is 0 Å². The standard InChI is InChI=1S/C22H18F2N4O4S/c1-2-27-17-11-26(6-3-7-32-17)28-10-14(19(29)20(30)18(28)22(27)31)21-25-16(33-21)8-12-4-5-13(23)9-15(12)24/h4-5,9-11H,2-3,6-8H2,1H3/p+1. The average molecular weight is 473 g/mol. The Morgan fingerprint density at radius 2 is 2.09 bits per heavy atom. The molecule has 0 aromatic heterocycles. The molecule has 4 aliphatic rings. The highest BCUT2D eigenvalue weighted by Crippen LogP contribution is 2.37. The summed E-state index contributed by atoms with van der Waals surface area (Å²) < 4.78 is 34.2. The van der Waals surface area contributed by atoms with Crippen LogP contribution in [0.3, 0.4) is 0 Å². The molecule has 4 heterocycles. The summed E-state index contributed by atoms with van der Waals surface area (Å²) in [6.45, 7) is 3.01. The fourth-order valence-corrected chi connectivity index (χ4v) is 4.74. The van der Waals surface area contributed by atoms with Gasteiger partial charge >= 0.3 is 11.6 Å². The van der Waals surface area contributed by atoms with E-state index in [9.17, 15) is 23.5 Å². The number of fused-ring (bicyclic) bond motifs is 3. The number of aliphatic hydroxyl groups excluding tert-OH is 1. The molecule has 1 aromatic carbocycles. The van der Waals surface area contributed by atoms with Gasteiger partial charge in [-0.2, -0.15) is 0 Å². The molecule has 0 atom stereocenters. The number of hydrogen-bond acceptors (Lipinski definition) is 7. The number of halogens is 2. The summed E-state index contributed by atoms with van der Waals surface area (Å²) in [6.07, 6.45) is 3.97. The van der Waals surface area contributed by atoms with Gasteiger partial charge in [0.1, 0.15) is 28.4 Å². The number of aliphatic hydroxyl groups is 1. The fraction of sp³-hybridized carbons (Fsp3) is 0.273. The van der Waals surface area contributed by atoms with Crippen molar-refractivity contribution >= 4 is 34.7 Å². The molecule has 1 N–H and O–H groups in total. The highest BCUT2D eigenvalue weighted by Gasteiger charge is 2.47. The van der Waals surface area contributed by atoms with E-state index in [0.717, 1.165) is 6.07 Å². The van der Waals surface area contributed by atoms with E-state index in [-0.39, 0.29) is 23.3 Å². The smallest absolute Gasteiger partial charge is 0.346 e. The highest BCUT2D eigenvalue weighted by atomic mass is 32.2. The van der Waals surface area contributed by atoms with Crippen molar-refractivity contribution in [2.75, 3.05) is 19.7 Å². The zero-order valence-corrected chi connectivity index (χ0v) is 18.4. The van der Waals surface area contributed by atoms with Crippen LogP contribution in [0, 0.1) is 11.6 Å². The van der Waals surface area contributed by atoms with Crippen molar-refractivity contribution in [3.63, 3.8) is 0 Å². The molecule has 8 nitrogen and oxygen atoms in total. The number of nitrogens with zero attached hydrogens (tertiary/aromatic N) is 4. The second-order valence-electron chi connectivity index (χ2n) is 7.62. The van der Waals surface area contributed by atoms with Crippen molar-refractivity contribution < 1.29 is 32.9 Å². The minimum Gasteiger partial charge on any atom is -0.499 e. The van der Waals surface area contributed by atoms with Crippen LogP contribution in [0.5, 0.6) is 0 Å². The van der Waals surface area contributed by atoms with Gasteiger partial charge in [0.15, 0.2) is 0 Å². The first kappa shape index (κ1) is 21.4. The largest absolute Gasteiger partial charge is 0.499 e. The zero-order valence-electron chi connectivity index (χ0n) is 17.5. The number of hydrogen-bond donors (Lipinski definition) is 1. The molecule has 0 fully saturated rings. The SMILES string of the molecule is CCN1C(=O)C2=C(O)C(=O)C(=C3N=C(Cc4ccc(F)cc4F)S3)C=[N+]2N2C=C1OCCC2. The molecule has 2 bridgehead atoms. The Kier molecular flexibility index (Phi) is 5.28. The van der Waals surface area contributed by atoms with Crippen LogP contribution in [0.25, 0.3) is 0 Å². The normalized spacial score (nSPS) is 22.6. The molecule has 0 saturated carbocycles. The summed E-state index contributed by atoms with van der Waals surface area (Å²) in [5.41, 5.74) is 0.267.